The highest BCUT2D eigenvalue weighted by molar-refractivity contribution is 5.78. The highest BCUT2D eigenvalue weighted by Gasteiger charge is 1.97. The monoisotopic (exact) mass is 146 g/mol. The third-order valence-corrected chi connectivity index (χ3v) is 1.68. The molecule has 0 saturated heterocycles. The molecule has 2 heteroatoms. The van der Waals surface area contributed by atoms with Gasteiger partial charge in [-0.3, -0.25) is 0 Å². The first-order valence-electron chi connectivity index (χ1n) is 3.44. The molecule has 0 fully saturated rings. The van der Waals surface area contributed by atoms with Crippen molar-refractivity contribution in [1.82, 2.24) is 4.73 Å². The first-order chi connectivity index (χ1) is 5.42. The van der Waals surface area contributed by atoms with Gasteiger partial charge in [-0.2, -0.15) is 4.73 Å². The molecule has 1 aromatic carbocycles. The Bertz CT molecular complexity index is 364. The first-order valence-corrected chi connectivity index (χ1v) is 3.44. The van der Waals surface area contributed by atoms with Crippen LogP contribution in [0.4, 0.5) is 0 Å². The largest absolute Gasteiger partial charge is 0.417 e. The third kappa shape index (κ3) is 0.871. The van der Waals surface area contributed by atoms with Crippen molar-refractivity contribution in [2.24, 2.45) is 0 Å². The molecule has 1 aromatic heterocycles. The Morgan fingerprint density at radius 2 is 2.18 bits per heavy atom. The molecule has 0 N–H and O–H groups in total. The predicted octanol–water partition coefficient (Wildman–Crippen LogP) is 1.50. The van der Waals surface area contributed by atoms with Gasteiger partial charge in [0.2, 0.25) is 0 Å². The van der Waals surface area contributed by atoms with E-state index in [1.165, 1.54) is 0 Å². The van der Waals surface area contributed by atoms with Gasteiger partial charge in [0.15, 0.2) is 0 Å². The molecule has 2 rings (SSSR count). The number of hydrogen-bond acceptors (Lipinski definition) is 1. The molecular formula is C9H8NO. The topological polar surface area (TPSA) is 14.2 Å². The Morgan fingerprint density at radius 3 is 3.00 bits per heavy atom. The van der Waals surface area contributed by atoms with Crippen molar-refractivity contribution < 1.29 is 4.84 Å². The van der Waals surface area contributed by atoms with Crippen LogP contribution < -0.4 is 4.84 Å². The molecule has 0 unspecified atom stereocenters. The summed E-state index contributed by atoms with van der Waals surface area (Å²) in [5.74, 6) is 0. The molecule has 1 heterocycles. The average molecular weight is 146 g/mol. The van der Waals surface area contributed by atoms with Gasteiger partial charge in [-0.05, 0) is 6.07 Å². The van der Waals surface area contributed by atoms with Crippen molar-refractivity contribution in [3.8, 4) is 0 Å². The predicted molar refractivity (Wildman–Crippen MR) is 43.3 cm³/mol. The van der Waals surface area contributed by atoms with Crippen LogP contribution in [0.25, 0.3) is 10.9 Å². The van der Waals surface area contributed by atoms with E-state index < -0.39 is 0 Å². The summed E-state index contributed by atoms with van der Waals surface area (Å²) < 4.78 is 1.69. The SMILES string of the molecule is COn1c[c]c2ccccc21. The lowest BCUT2D eigenvalue weighted by Crippen LogP contribution is -2.02. The van der Waals surface area contributed by atoms with Crippen LogP contribution in [0, 0.1) is 6.07 Å². The Kier molecular flexibility index (Phi) is 1.32. The van der Waals surface area contributed by atoms with Crippen molar-refractivity contribution in [1.29, 1.82) is 0 Å². The van der Waals surface area contributed by atoms with Gasteiger partial charge in [-0.1, -0.05) is 18.2 Å². The van der Waals surface area contributed by atoms with Gasteiger partial charge in [0.1, 0.15) is 7.11 Å². The van der Waals surface area contributed by atoms with Crippen LogP contribution in [0.3, 0.4) is 0 Å². The van der Waals surface area contributed by atoms with Gasteiger partial charge in [-0.15, -0.1) is 0 Å². The summed E-state index contributed by atoms with van der Waals surface area (Å²) in [4.78, 5) is 5.05. The second-order valence-electron chi connectivity index (χ2n) is 2.30. The number of hydrogen-bond donors (Lipinski definition) is 0. The fourth-order valence-corrected chi connectivity index (χ4v) is 1.14. The maximum Gasteiger partial charge on any atom is 0.104 e. The van der Waals surface area contributed by atoms with Crippen molar-refractivity contribution in [3.05, 3.63) is 36.5 Å². The zero-order valence-corrected chi connectivity index (χ0v) is 6.24. The molecule has 55 valence electrons. The molecule has 11 heavy (non-hydrogen) atoms. The number of aromatic nitrogens is 1. The summed E-state index contributed by atoms with van der Waals surface area (Å²) in [5.41, 5.74) is 1.05. The lowest BCUT2D eigenvalue weighted by atomic mass is 10.3. The van der Waals surface area contributed by atoms with E-state index in [9.17, 15) is 0 Å². The second kappa shape index (κ2) is 2.31. The van der Waals surface area contributed by atoms with E-state index in [4.69, 9.17) is 4.84 Å². The lowest BCUT2D eigenvalue weighted by molar-refractivity contribution is 0.179. The minimum atomic E-state index is 1.05. The van der Waals surface area contributed by atoms with Crippen molar-refractivity contribution in [2.45, 2.75) is 0 Å². The second-order valence-corrected chi connectivity index (χ2v) is 2.30. The van der Waals surface area contributed by atoms with Crippen LogP contribution in [-0.4, -0.2) is 11.8 Å². The minimum absolute atomic E-state index is 1.05. The van der Waals surface area contributed by atoms with E-state index in [-0.39, 0.29) is 0 Å². The molecule has 1 radical (unpaired) electrons. The lowest BCUT2D eigenvalue weighted by Gasteiger charge is -1.99. The Balaban J connectivity index is 2.76. The smallest absolute Gasteiger partial charge is 0.104 e. The van der Waals surface area contributed by atoms with Crippen LogP contribution in [0.5, 0.6) is 0 Å². The molecule has 0 aliphatic heterocycles. The van der Waals surface area contributed by atoms with E-state index in [1.54, 1.807) is 18.0 Å². The summed E-state index contributed by atoms with van der Waals surface area (Å²) in [5, 5.41) is 1.08. The minimum Gasteiger partial charge on any atom is -0.417 e. The molecule has 0 bridgehead atoms. The van der Waals surface area contributed by atoms with Crippen molar-refractivity contribution in [3.63, 3.8) is 0 Å². The van der Waals surface area contributed by atoms with Crippen LogP contribution in [0.2, 0.25) is 0 Å². The standard InChI is InChI=1S/C9H8NO/c1-11-10-7-6-8-4-2-3-5-9(8)10/h2-5,7H,1H3. The summed E-state index contributed by atoms with van der Waals surface area (Å²) in [7, 11) is 1.64. The first kappa shape index (κ1) is 6.28. The molecule has 0 aliphatic carbocycles. The highest BCUT2D eigenvalue weighted by atomic mass is 16.6. The van der Waals surface area contributed by atoms with E-state index in [1.807, 2.05) is 24.3 Å². The fourth-order valence-electron chi connectivity index (χ4n) is 1.14. The van der Waals surface area contributed by atoms with E-state index in [0.29, 0.717) is 0 Å². The molecule has 2 nitrogen and oxygen atoms in total. The van der Waals surface area contributed by atoms with Gasteiger partial charge >= 0.3 is 0 Å². The molecule has 2 aromatic rings. The summed E-state index contributed by atoms with van der Waals surface area (Å²) in [6.45, 7) is 0. The quantitative estimate of drug-likeness (QED) is 0.594. The van der Waals surface area contributed by atoms with E-state index in [0.717, 1.165) is 10.9 Å². The van der Waals surface area contributed by atoms with Crippen LogP contribution in [0.1, 0.15) is 0 Å². The molecular weight excluding hydrogens is 138 g/mol. The van der Waals surface area contributed by atoms with Gasteiger partial charge in [0.05, 0.1) is 11.7 Å². The van der Waals surface area contributed by atoms with Gasteiger partial charge in [-0.25, -0.2) is 0 Å². The van der Waals surface area contributed by atoms with Crippen LogP contribution in [-0.2, 0) is 0 Å². The average Bonchev–Trinajstić information content (AvgIpc) is 2.47. The summed E-state index contributed by atoms with van der Waals surface area (Å²) in [6, 6.07) is 11.0. The zero-order valence-electron chi connectivity index (χ0n) is 6.24. The van der Waals surface area contributed by atoms with Gasteiger partial charge in [0.25, 0.3) is 0 Å². The molecule has 0 amide bonds. The zero-order chi connectivity index (χ0) is 7.68. The number of rotatable bonds is 1. The fraction of sp³-hybridized carbons (Fsp3) is 0.111. The summed E-state index contributed by atoms with van der Waals surface area (Å²) in [6.07, 6.45) is 1.78. The number of para-hydroxylation sites is 1. The molecule has 0 atom stereocenters. The molecule has 0 saturated carbocycles. The normalized spacial score (nSPS) is 10.3. The highest BCUT2D eigenvalue weighted by Crippen LogP contribution is 2.12. The maximum absolute atomic E-state index is 5.05. The number of nitrogens with zero attached hydrogens (tertiary/aromatic N) is 1. The van der Waals surface area contributed by atoms with Gasteiger partial charge in [0, 0.05) is 11.5 Å². The number of benzene rings is 1. The number of fused-ring (bicyclic) bond motifs is 1. The van der Waals surface area contributed by atoms with Crippen molar-refractivity contribution in [2.75, 3.05) is 7.11 Å². The van der Waals surface area contributed by atoms with E-state index >= 15 is 0 Å². The summed E-state index contributed by atoms with van der Waals surface area (Å²) >= 11 is 0. The van der Waals surface area contributed by atoms with Crippen LogP contribution in [0.15, 0.2) is 30.5 Å². The van der Waals surface area contributed by atoms with E-state index in [2.05, 4.69) is 6.07 Å². The van der Waals surface area contributed by atoms with Gasteiger partial charge < -0.3 is 4.84 Å². The Morgan fingerprint density at radius 1 is 1.36 bits per heavy atom. The molecule has 0 spiro atoms. The van der Waals surface area contributed by atoms with Crippen molar-refractivity contribution >= 4 is 10.9 Å². The van der Waals surface area contributed by atoms with Crippen LogP contribution >= 0.6 is 0 Å². The third-order valence-electron chi connectivity index (χ3n) is 1.68. The Labute approximate surface area is 65.0 Å². The Hall–Kier alpha value is -1.44. The molecule has 0 aliphatic rings. The maximum atomic E-state index is 5.05.